The van der Waals surface area contributed by atoms with E-state index in [-0.39, 0.29) is 18.4 Å². The lowest BCUT2D eigenvalue weighted by molar-refractivity contribution is -0.122. The van der Waals surface area contributed by atoms with Gasteiger partial charge in [-0.1, -0.05) is 0 Å². The lowest BCUT2D eigenvalue weighted by Crippen LogP contribution is -2.43. The Morgan fingerprint density at radius 1 is 1.67 bits per heavy atom. The van der Waals surface area contributed by atoms with Crippen LogP contribution in [0.4, 0.5) is 0 Å². The van der Waals surface area contributed by atoms with Crippen LogP contribution in [0.1, 0.15) is 18.2 Å². The first-order valence-electron chi connectivity index (χ1n) is 5.72. The predicted molar refractivity (Wildman–Crippen MR) is 69.6 cm³/mol. The molecule has 1 aromatic heterocycles. The number of rotatable bonds is 6. The maximum atomic E-state index is 11.6. The maximum Gasteiger partial charge on any atom is 0.237 e. The highest BCUT2D eigenvalue weighted by Gasteiger charge is 2.19. The molecular weight excluding hydrogens is 230 g/mol. The van der Waals surface area contributed by atoms with Crippen LogP contribution in [-0.2, 0) is 4.79 Å². The molecule has 98 valence electrons. The van der Waals surface area contributed by atoms with Gasteiger partial charge in [-0.3, -0.25) is 9.69 Å². The highest BCUT2D eigenvalue weighted by atomic mass is 16.3. The van der Waals surface area contributed by atoms with Crippen molar-refractivity contribution in [3.8, 4) is 12.3 Å². The van der Waals surface area contributed by atoms with Gasteiger partial charge in [-0.25, -0.2) is 0 Å². The van der Waals surface area contributed by atoms with Crippen molar-refractivity contribution in [3.63, 3.8) is 0 Å². The van der Waals surface area contributed by atoms with Crippen molar-refractivity contribution in [3.05, 3.63) is 24.2 Å². The number of terminal acetylenes is 1. The van der Waals surface area contributed by atoms with E-state index in [9.17, 15) is 4.79 Å². The Balaban J connectivity index is 2.54. The van der Waals surface area contributed by atoms with E-state index >= 15 is 0 Å². The van der Waals surface area contributed by atoms with Gasteiger partial charge in [0.2, 0.25) is 5.91 Å². The summed E-state index contributed by atoms with van der Waals surface area (Å²) >= 11 is 0. The van der Waals surface area contributed by atoms with Crippen molar-refractivity contribution in [2.24, 2.45) is 5.73 Å². The Labute approximate surface area is 107 Å². The van der Waals surface area contributed by atoms with E-state index in [4.69, 9.17) is 16.6 Å². The van der Waals surface area contributed by atoms with Gasteiger partial charge in [-0.15, -0.1) is 12.3 Å². The fourth-order valence-electron chi connectivity index (χ4n) is 1.57. The quantitative estimate of drug-likeness (QED) is 0.714. The van der Waals surface area contributed by atoms with E-state index in [1.165, 1.54) is 0 Å². The fourth-order valence-corrected chi connectivity index (χ4v) is 1.57. The second-order valence-electron chi connectivity index (χ2n) is 4.25. The van der Waals surface area contributed by atoms with Crippen LogP contribution in [0.2, 0.25) is 0 Å². The molecule has 0 bridgehead atoms. The first-order valence-corrected chi connectivity index (χ1v) is 5.72. The van der Waals surface area contributed by atoms with Gasteiger partial charge in [0.25, 0.3) is 0 Å². The lowest BCUT2D eigenvalue weighted by Gasteiger charge is -2.23. The van der Waals surface area contributed by atoms with Crippen LogP contribution in [0, 0.1) is 12.3 Å². The molecule has 0 radical (unpaired) electrons. The molecule has 0 saturated heterocycles. The topological polar surface area (TPSA) is 71.5 Å². The minimum absolute atomic E-state index is 0.0259. The lowest BCUT2D eigenvalue weighted by atomic mass is 10.2. The molecule has 0 saturated carbocycles. The minimum atomic E-state index is -0.658. The number of carbonyl (C=O) groups excluding carboxylic acids is 1. The second-order valence-corrected chi connectivity index (χ2v) is 4.25. The summed E-state index contributed by atoms with van der Waals surface area (Å²) in [5.74, 6) is 2.92. The van der Waals surface area contributed by atoms with Gasteiger partial charge in [-0.2, -0.15) is 0 Å². The molecule has 2 unspecified atom stereocenters. The summed E-state index contributed by atoms with van der Waals surface area (Å²) in [6, 6.07) is 3.01. The summed E-state index contributed by atoms with van der Waals surface area (Å²) < 4.78 is 5.34. The van der Waals surface area contributed by atoms with E-state index in [0.29, 0.717) is 6.54 Å². The summed E-state index contributed by atoms with van der Waals surface area (Å²) in [6.07, 6.45) is 6.96. The molecular formula is C13H19N3O2. The third kappa shape index (κ3) is 3.91. The van der Waals surface area contributed by atoms with Crippen molar-refractivity contribution in [2.45, 2.75) is 18.5 Å². The maximum absolute atomic E-state index is 11.6. The molecule has 0 spiro atoms. The summed E-state index contributed by atoms with van der Waals surface area (Å²) in [4.78, 5) is 13.6. The van der Waals surface area contributed by atoms with Crippen LogP contribution >= 0.6 is 0 Å². The SMILES string of the molecule is C#CCC(N)C(=O)NCC(c1ccco1)N(C)C. The normalized spacial score (nSPS) is 13.9. The number of nitrogens with one attached hydrogen (secondary N) is 1. The number of nitrogens with zero attached hydrogens (tertiary/aromatic N) is 1. The molecule has 2 atom stereocenters. The zero-order valence-corrected chi connectivity index (χ0v) is 10.7. The summed E-state index contributed by atoms with van der Waals surface area (Å²) in [5.41, 5.74) is 5.62. The number of amides is 1. The van der Waals surface area contributed by atoms with E-state index in [1.54, 1.807) is 6.26 Å². The van der Waals surface area contributed by atoms with Crippen molar-refractivity contribution < 1.29 is 9.21 Å². The van der Waals surface area contributed by atoms with Crippen LogP contribution in [0.5, 0.6) is 0 Å². The van der Waals surface area contributed by atoms with Gasteiger partial charge < -0.3 is 15.5 Å². The monoisotopic (exact) mass is 249 g/mol. The Hall–Kier alpha value is -1.77. The van der Waals surface area contributed by atoms with Crippen LogP contribution in [-0.4, -0.2) is 37.5 Å². The molecule has 0 fully saturated rings. The molecule has 0 aliphatic heterocycles. The van der Waals surface area contributed by atoms with Crippen LogP contribution < -0.4 is 11.1 Å². The fraction of sp³-hybridized carbons (Fsp3) is 0.462. The Morgan fingerprint density at radius 3 is 2.89 bits per heavy atom. The van der Waals surface area contributed by atoms with Crippen molar-refractivity contribution in [1.29, 1.82) is 0 Å². The van der Waals surface area contributed by atoms with E-state index in [2.05, 4.69) is 11.2 Å². The molecule has 0 aliphatic rings. The predicted octanol–water partition coefficient (Wildman–Crippen LogP) is 0.349. The summed E-state index contributed by atoms with van der Waals surface area (Å²) in [7, 11) is 3.83. The van der Waals surface area contributed by atoms with Gasteiger partial charge in [0.15, 0.2) is 0 Å². The zero-order chi connectivity index (χ0) is 13.5. The standard InChI is InChI=1S/C13H19N3O2/c1-4-6-10(14)13(17)15-9-11(16(2)3)12-7-5-8-18-12/h1,5,7-8,10-11H,6,9,14H2,2-3H3,(H,15,17). The van der Waals surface area contributed by atoms with Crippen LogP contribution in [0.3, 0.4) is 0 Å². The first kappa shape index (κ1) is 14.3. The zero-order valence-electron chi connectivity index (χ0n) is 10.7. The van der Waals surface area contributed by atoms with E-state index in [0.717, 1.165) is 5.76 Å². The summed E-state index contributed by atoms with van der Waals surface area (Å²) in [5, 5.41) is 2.78. The highest BCUT2D eigenvalue weighted by molar-refractivity contribution is 5.81. The molecule has 1 amide bonds. The third-order valence-electron chi connectivity index (χ3n) is 2.64. The first-order chi connectivity index (χ1) is 8.56. The molecule has 3 N–H and O–H groups in total. The molecule has 1 aromatic rings. The van der Waals surface area contributed by atoms with Crippen molar-refractivity contribution in [2.75, 3.05) is 20.6 Å². The molecule has 5 nitrogen and oxygen atoms in total. The number of hydrogen-bond acceptors (Lipinski definition) is 4. The Kier molecular flexibility index (Phi) is 5.43. The number of hydrogen-bond donors (Lipinski definition) is 2. The van der Waals surface area contributed by atoms with Gasteiger partial charge in [0.1, 0.15) is 5.76 Å². The van der Waals surface area contributed by atoms with Gasteiger partial charge in [0, 0.05) is 13.0 Å². The molecule has 0 aromatic carbocycles. The smallest absolute Gasteiger partial charge is 0.237 e. The number of nitrogens with two attached hydrogens (primary N) is 1. The van der Waals surface area contributed by atoms with Crippen LogP contribution in [0.25, 0.3) is 0 Å². The third-order valence-corrected chi connectivity index (χ3v) is 2.64. The van der Waals surface area contributed by atoms with Crippen molar-refractivity contribution >= 4 is 5.91 Å². The van der Waals surface area contributed by atoms with Gasteiger partial charge in [-0.05, 0) is 26.2 Å². The van der Waals surface area contributed by atoms with Gasteiger partial charge in [0.05, 0.1) is 18.3 Å². The average molecular weight is 249 g/mol. The number of carbonyl (C=O) groups is 1. The van der Waals surface area contributed by atoms with Crippen LogP contribution in [0.15, 0.2) is 22.8 Å². The minimum Gasteiger partial charge on any atom is -0.468 e. The van der Waals surface area contributed by atoms with Gasteiger partial charge >= 0.3 is 0 Å². The highest BCUT2D eigenvalue weighted by Crippen LogP contribution is 2.17. The number of furan rings is 1. The molecule has 5 heteroatoms. The Bertz CT molecular complexity index is 406. The molecule has 1 rings (SSSR count). The van der Waals surface area contributed by atoms with Crippen molar-refractivity contribution in [1.82, 2.24) is 10.2 Å². The van der Waals surface area contributed by atoms with E-state index < -0.39 is 6.04 Å². The summed E-state index contributed by atoms with van der Waals surface area (Å²) in [6.45, 7) is 0.428. The molecule has 0 aliphatic carbocycles. The molecule has 18 heavy (non-hydrogen) atoms. The average Bonchev–Trinajstić information content (AvgIpc) is 2.82. The second kappa shape index (κ2) is 6.84. The van der Waals surface area contributed by atoms with E-state index in [1.807, 2.05) is 31.1 Å². The molecule has 1 heterocycles. The largest absolute Gasteiger partial charge is 0.468 e. The number of likely N-dealkylation sites (N-methyl/N-ethyl adjacent to an activating group) is 1. The Morgan fingerprint density at radius 2 is 2.39 bits per heavy atom.